The fourth-order valence-electron chi connectivity index (χ4n) is 2.76. The summed E-state index contributed by atoms with van der Waals surface area (Å²) in [6.45, 7) is 3.26. The molecule has 1 saturated heterocycles. The van der Waals surface area contributed by atoms with Gasteiger partial charge in [0.15, 0.2) is 5.65 Å². The largest absolute Gasteiger partial charge is 0.368 e. The molecule has 96 valence electrons. The molecule has 18 heavy (non-hydrogen) atoms. The van der Waals surface area contributed by atoms with Gasteiger partial charge in [0.25, 0.3) is 0 Å². The summed E-state index contributed by atoms with van der Waals surface area (Å²) in [5.74, 6) is 1.24. The fourth-order valence-corrected chi connectivity index (χ4v) is 2.76. The molecule has 3 heterocycles. The van der Waals surface area contributed by atoms with Crippen molar-refractivity contribution in [1.29, 1.82) is 0 Å². The summed E-state index contributed by atoms with van der Waals surface area (Å²) >= 11 is 0. The average molecular weight is 246 g/mol. The highest BCUT2D eigenvalue weighted by atomic mass is 15.3. The topological polar surface area (TPSA) is 83.7 Å². The minimum Gasteiger partial charge on any atom is -0.368 e. The third-order valence-corrected chi connectivity index (χ3v) is 3.68. The first-order valence-corrected chi connectivity index (χ1v) is 6.53. The first-order chi connectivity index (χ1) is 8.79. The zero-order valence-corrected chi connectivity index (χ0v) is 10.6. The zero-order valence-electron chi connectivity index (χ0n) is 10.6. The maximum absolute atomic E-state index is 5.78. The first kappa shape index (κ1) is 11.3. The van der Waals surface area contributed by atoms with Crippen molar-refractivity contribution in [2.45, 2.75) is 38.6 Å². The highest BCUT2D eigenvalue weighted by Gasteiger charge is 2.24. The Balaban J connectivity index is 2.08. The number of hydrogen-bond donors (Lipinski definition) is 2. The molecule has 0 amide bonds. The number of H-pyrrole nitrogens is 1. The molecule has 2 aromatic rings. The molecule has 0 aliphatic carbocycles. The smallest absolute Gasteiger partial charge is 0.224 e. The van der Waals surface area contributed by atoms with E-state index < -0.39 is 0 Å². The van der Waals surface area contributed by atoms with Gasteiger partial charge >= 0.3 is 0 Å². The van der Waals surface area contributed by atoms with Crippen LogP contribution in [0.4, 0.5) is 11.8 Å². The molecule has 6 nitrogen and oxygen atoms in total. The van der Waals surface area contributed by atoms with Crippen LogP contribution in [0, 0.1) is 0 Å². The summed E-state index contributed by atoms with van der Waals surface area (Å²) in [5, 5.41) is 7.87. The van der Waals surface area contributed by atoms with E-state index in [2.05, 4.69) is 32.0 Å². The van der Waals surface area contributed by atoms with Crippen LogP contribution >= 0.6 is 0 Å². The summed E-state index contributed by atoms with van der Waals surface area (Å²) in [6.07, 6.45) is 6.64. The Morgan fingerprint density at radius 1 is 1.44 bits per heavy atom. The molecule has 0 bridgehead atoms. The third kappa shape index (κ3) is 1.77. The monoisotopic (exact) mass is 246 g/mol. The molecule has 1 atom stereocenters. The first-order valence-electron chi connectivity index (χ1n) is 6.53. The number of hydrogen-bond acceptors (Lipinski definition) is 5. The molecule has 0 aromatic carbocycles. The van der Waals surface area contributed by atoms with Crippen molar-refractivity contribution in [1.82, 2.24) is 20.2 Å². The lowest BCUT2D eigenvalue weighted by Gasteiger charge is -2.36. The van der Waals surface area contributed by atoms with E-state index in [4.69, 9.17) is 5.73 Å². The highest BCUT2D eigenvalue weighted by Crippen LogP contribution is 2.30. The van der Waals surface area contributed by atoms with Crippen LogP contribution in [0.3, 0.4) is 0 Å². The van der Waals surface area contributed by atoms with Gasteiger partial charge in [0.05, 0.1) is 11.6 Å². The lowest BCUT2D eigenvalue weighted by atomic mass is 10.00. The number of aromatic nitrogens is 4. The SMILES string of the molecule is CCC1CCCCN1c1nc(N)nc2[nH]ncc12. The summed E-state index contributed by atoms with van der Waals surface area (Å²) in [7, 11) is 0. The van der Waals surface area contributed by atoms with Crippen molar-refractivity contribution < 1.29 is 0 Å². The van der Waals surface area contributed by atoms with E-state index in [1.165, 1.54) is 19.3 Å². The fraction of sp³-hybridized carbons (Fsp3) is 0.583. The average Bonchev–Trinajstić information content (AvgIpc) is 2.85. The quantitative estimate of drug-likeness (QED) is 0.842. The minimum atomic E-state index is 0.308. The number of nitrogens with two attached hydrogens (primary N) is 1. The van der Waals surface area contributed by atoms with E-state index in [0.29, 0.717) is 12.0 Å². The van der Waals surface area contributed by atoms with Crippen LogP contribution in [-0.4, -0.2) is 32.8 Å². The lowest BCUT2D eigenvalue weighted by molar-refractivity contribution is 0.448. The molecule has 2 aromatic heterocycles. The van der Waals surface area contributed by atoms with Crippen molar-refractivity contribution in [3.05, 3.63) is 6.20 Å². The van der Waals surface area contributed by atoms with Crippen LogP contribution < -0.4 is 10.6 Å². The van der Waals surface area contributed by atoms with E-state index >= 15 is 0 Å². The van der Waals surface area contributed by atoms with Gasteiger partial charge in [0, 0.05) is 12.6 Å². The maximum atomic E-state index is 5.78. The van der Waals surface area contributed by atoms with Gasteiger partial charge in [-0.3, -0.25) is 5.10 Å². The number of anilines is 2. The van der Waals surface area contributed by atoms with Gasteiger partial charge in [-0.25, -0.2) is 0 Å². The Morgan fingerprint density at radius 3 is 3.17 bits per heavy atom. The summed E-state index contributed by atoms with van der Waals surface area (Å²) in [6, 6.07) is 0.547. The predicted molar refractivity (Wildman–Crippen MR) is 71.4 cm³/mol. The molecule has 1 aliphatic rings. The van der Waals surface area contributed by atoms with Crippen molar-refractivity contribution >= 4 is 22.8 Å². The normalized spacial score (nSPS) is 20.5. The zero-order chi connectivity index (χ0) is 12.5. The number of fused-ring (bicyclic) bond motifs is 1. The molecule has 3 rings (SSSR count). The van der Waals surface area contributed by atoms with Crippen molar-refractivity contribution in [2.24, 2.45) is 0 Å². The standard InChI is InChI=1S/C12H18N6/c1-2-8-5-3-4-6-18(8)11-9-7-14-17-10(9)15-12(13)16-11/h7-8H,2-6H2,1H3,(H3,13,14,15,16,17). The second kappa shape index (κ2) is 4.44. The van der Waals surface area contributed by atoms with Gasteiger partial charge in [0.2, 0.25) is 5.95 Å². The summed E-state index contributed by atoms with van der Waals surface area (Å²) in [4.78, 5) is 11.0. The minimum absolute atomic E-state index is 0.308. The maximum Gasteiger partial charge on any atom is 0.224 e. The highest BCUT2D eigenvalue weighted by molar-refractivity contribution is 5.87. The number of nitrogens with zero attached hydrogens (tertiary/aromatic N) is 4. The van der Waals surface area contributed by atoms with Crippen molar-refractivity contribution in [3.8, 4) is 0 Å². The number of rotatable bonds is 2. The Kier molecular flexibility index (Phi) is 2.77. The van der Waals surface area contributed by atoms with E-state index in [-0.39, 0.29) is 0 Å². The van der Waals surface area contributed by atoms with Crippen molar-refractivity contribution in [3.63, 3.8) is 0 Å². The predicted octanol–water partition coefficient (Wildman–Crippen LogP) is 1.70. The number of nitrogen functional groups attached to an aromatic ring is 1. The Hall–Kier alpha value is -1.85. The van der Waals surface area contributed by atoms with Gasteiger partial charge in [0.1, 0.15) is 5.82 Å². The van der Waals surface area contributed by atoms with Crippen LogP contribution in [-0.2, 0) is 0 Å². The van der Waals surface area contributed by atoms with Gasteiger partial charge in [-0.15, -0.1) is 0 Å². The van der Waals surface area contributed by atoms with Gasteiger partial charge in [-0.05, 0) is 25.7 Å². The van der Waals surface area contributed by atoms with Crippen LogP contribution in [0.1, 0.15) is 32.6 Å². The van der Waals surface area contributed by atoms with Gasteiger partial charge < -0.3 is 10.6 Å². The van der Waals surface area contributed by atoms with Gasteiger partial charge in [-0.1, -0.05) is 6.92 Å². The molecule has 1 aliphatic heterocycles. The summed E-state index contributed by atoms with van der Waals surface area (Å²) < 4.78 is 0. The van der Waals surface area contributed by atoms with Crippen LogP contribution in [0.25, 0.3) is 11.0 Å². The molecule has 0 saturated carbocycles. The number of piperidine rings is 1. The van der Waals surface area contributed by atoms with Crippen molar-refractivity contribution in [2.75, 3.05) is 17.2 Å². The number of nitrogens with one attached hydrogen (secondary N) is 1. The number of aromatic amines is 1. The Labute approximate surface area is 106 Å². The van der Waals surface area contributed by atoms with Crippen LogP contribution in [0.5, 0.6) is 0 Å². The summed E-state index contributed by atoms with van der Waals surface area (Å²) in [5.41, 5.74) is 6.50. The van der Waals surface area contributed by atoms with E-state index in [1.54, 1.807) is 6.20 Å². The molecule has 6 heteroatoms. The van der Waals surface area contributed by atoms with E-state index in [0.717, 1.165) is 29.8 Å². The van der Waals surface area contributed by atoms with E-state index in [1.807, 2.05) is 0 Å². The third-order valence-electron chi connectivity index (χ3n) is 3.68. The molecule has 1 fully saturated rings. The molecule has 0 spiro atoms. The molecule has 3 N–H and O–H groups in total. The van der Waals surface area contributed by atoms with Crippen LogP contribution in [0.15, 0.2) is 6.20 Å². The van der Waals surface area contributed by atoms with E-state index in [9.17, 15) is 0 Å². The second-order valence-corrected chi connectivity index (χ2v) is 4.79. The Morgan fingerprint density at radius 2 is 2.33 bits per heavy atom. The molecular weight excluding hydrogens is 228 g/mol. The molecule has 1 unspecified atom stereocenters. The van der Waals surface area contributed by atoms with Gasteiger partial charge in [-0.2, -0.15) is 15.1 Å². The van der Waals surface area contributed by atoms with Crippen LogP contribution in [0.2, 0.25) is 0 Å². The molecular formula is C12H18N6. The Bertz CT molecular complexity index is 548. The molecule has 0 radical (unpaired) electrons. The lowest BCUT2D eigenvalue weighted by Crippen LogP contribution is -2.39. The second-order valence-electron chi connectivity index (χ2n) is 4.79.